The van der Waals surface area contributed by atoms with Crippen molar-refractivity contribution >= 4 is 11.8 Å². The molecule has 3 rings (SSSR count). The maximum Gasteiger partial charge on any atom is 0.225 e. The molecule has 6 heteroatoms. The zero-order chi connectivity index (χ0) is 14.1. The molecule has 1 aromatic rings. The average molecular weight is 276 g/mol. The minimum Gasteiger partial charge on any atom is -0.351 e. The van der Waals surface area contributed by atoms with Crippen LogP contribution in [-0.2, 0) is 22.6 Å². The van der Waals surface area contributed by atoms with Crippen molar-refractivity contribution in [3.63, 3.8) is 0 Å². The quantitative estimate of drug-likeness (QED) is 0.856. The van der Waals surface area contributed by atoms with Crippen LogP contribution in [-0.4, -0.2) is 45.4 Å². The summed E-state index contributed by atoms with van der Waals surface area (Å²) in [6.45, 7) is 3.97. The van der Waals surface area contributed by atoms with Gasteiger partial charge in [0, 0.05) is 50.9 Å². The lowest BCUT2D eigenvalue weighted by Crippen LogP contribution is -2.44. The number of carbonyl (C=O) groups is 2. The van der Waals surface area contributed by atoms with Crippen molar-refractivity contribution in [2.45, 2.75) is 38.8 Å². The van der Waals surface area contributed by atoms with Gasteiger partial charge in [0.25, 0.3) is 0 Å². The van der Waals surface area contributed by atoms with Gasteiger partial charge in [-0.1, -0.05) is 0 Å². The number of rotatable bonds is 3. The summed E-state index contributed by atoms with van der Waals surface area (Å²) in [6, 6.07) is 0.148. The second-order valence-corrected chi connectivity index (χ2v) is 5.57. The van der Waals surface area contributed by atoms with E-state index in [2.05, 4.69) is 14.9 Å². The van der Waals surface area contributed by atoms with Crippen LogP contribution in [0.2, 0.25) is 0 Å². The Labute approximate surface area is 118 Å². The summed E-state index contributed by atoms with van der Waals surface area (Å²) in [5.41, 5.74) is 0. The Kier molecular flexibility index (Phi) is 3.46. The highest BCUT2D eigenvalue weighted by Gasteiger charge is 2.34. The topological polar surface area (TPSA) is 67.2 Å². The van der Waals surface area contributed by atoms with Gasteiger partial charge in [-0.05, 0) is 13.3 Å². The number of likely N-dealkylation sites (tertiary alicyclic amines) is 1. The molecule has 0 aromatic carbocycles. The molecule has 2 atom stereocenters. The Morgan fingerprint density at radius 1 is 1.50 bits per heavy atom. The van der Waals surface area contributed by atoms with E-state index in [-0.39, 0.29) is 23.8 Å². The SMILES string of the molecule is CCN1C[C@@H](C(=O)N[C@H]2CCc3nccn3C2)CC1=O. The Morgan fingerprint density at radius 3 is 3.10 bits per heavy atom. The molecule has 1 aromatic heterocycles. The molecule has 0 aliphatic carbocycles. The number of aryl methyl sites for hydroxylation is 1. The van der Waals surface area contributed by atoms with E-state index in [1.165, 1.54) is 0 Å². The van der Waals surface area contributed by atoms with Crippen LogP contribution in [0.1, 0.15) is 25.6 Å². The highest BCUT2D eigenvalue weighted by molar-refractivity contribution is 5.89. The van der Waals surface area contributed by atoms with Gasteiger partial charge < -0.3 is 14.8 Å². The van der Waals surface area contributed by atoms with E-state index >= 15 is 0 Å². The largest absolute Gasteiger partial charge is 0.351 e. The third-order valence-corrected chi connectivity index (χ3v) is 4.25. The lowest BCUT2D eigenvalue weighted by molar-refractivity contribution is -0.129. The Hall–Kier alpha value is -1.85. The van der Waals surface area contributed by atoms with Crippen molar-refractivity contribution in [3.05, 3.63) is 18.2 Å². The fourth-order valence-electron chi connectivity index (χ4n) is 3.06. The fraction of sp³-hybridized carbons (Fsp3) is 0.643. The van der Waals surface area contributed by atoms with Crippen LogP contribution >= 0.6 is 0 Å². The zero-order valence-corrected chi connectivity index (χ0v) is 11.7. The summed E-state index contributed by atoms with van der Waals surface area (Å²) in [4.78, 5) is 30.0. The van der Waals surface area contributed by atoms with Crippen LogP contribution in [0.3, 0.4) is 0 Å². The maximum absolute atomic E-state index is 12.3. The first-order valence-corrected chi connectivity index (χ1v) is 7.25. The molecule has 1 N–H and O–H groups in total. The highest BCUT2D eigenvalue weighted by atomic mass is 16.2. The molecular formula is C14H20N4O2. The molecule has 0 radical (unpaired) electrons. The van der Waals surface area contributed by atoms with Crippen molar-refractivity contribution in [1.29, 1.82) is 0 Å². The van der Waals surface area contributed by atoms with Gasteiger partial charge in [-0.3, -0.25) is 9.59 Å². The number of amides is 2. The second-order valence-electron chi connectivity index (χ2n) is 5.57. The minimum absolute atomic E-state index is 0.0165. The standard InChI is InChI=1S/C14H20N4O2/c1-2-17-8-10(7-13(17)19)14(20)16-11-3-4-12-15-5-6-18(12)9-11/h5-6,10-11H,2-4,7-9H2,1H3,(H,16,20)/t10-,11-/m0/s1. The number of nitrogens with zero attached hydrogens (tertiary/aromatic N) is 3. The first kappa shape index (κ1) is 13.1. The molecule has 0 unspecified atom stereocenters. The van der Waals surface area contributed by atoms with Crippen LogP contribution in [0.4, 0.5) is 0 Å². The predicted molar refractivity (Wildman–Crippen MR) is 72.8 cm³/mol. The summed E-state index contributed by atoms with van der Waals surface area (Å²) in [5.74, 6) is 1.01. The summed E-state index contributed by atoms with van der Waals surface area (Å²) in [5, 5.41) is 3.09. The molecule has 2 aliphatic heterocycles. The van der Waals surface area contributed by atoms with Crippen LogP contribution in [0.25, 0.3) is 0 Å². The average Bonchev–Trinajstić information content (AvgIpc) is 3.04. The van der Waals surface area contributed by atoms with Gasteiger partial charge in [0.05, 0.1) is 5.92 Å². The maximum atomic E-state index is 12.3. The number of carbonyl (C=O) groups excluding carboxylic acids is 2. The molecule has 0 spiro atoms. The van der Waals surface area contributed by atoms with Gasteiger partial charge >= 0.3 is 0 Å². The Balaban J connectivity index is 1.57. The number of nitrogens with one attached hydrogen (secondary N) is 1. The van der Waals surface area contributed by atoms with Crippen LogP contribution in [0.15, 0.2) is 12.4 Å². The third kappa shape index (κ3) is 2.42. The molecule has 1 saturated heterocycles. The van der Waals surface area contributed by atoms with Crippen molar-refractivity contribution in [2.75, 3.05) is 13.1 Å². The molecule has 20 heavy (non-hydrogen) atoms. The van der Waals surface area contributed by atoms with E-state index in [1.807, 2.05) is 13.1 Å². The first-order valence-electron chi connectivity index (χ1n) is 7.25. The summed E-state index contributed by atoms with van der Waals surface area (Å²) < 4.78 is 2.09. The minimum atomic E-state index is -0.188. The molecule has 2 amide bonds. The molecule has 1 fully saturated rings. The number of hydrogen-bond donors (Lipinski definition) is 1. The van der Waals surface area contributed by atoms with Gasteiger partial charge in [0.2, 0.25) is 11.8 Å². The number of hydrogen-bond acceptors (Lipinski definition) is 3. The van der Waals surface area contributed by atoms with Gasteiger partial charge in [0.15, 0.2) is 0 Å². The third-order valence-electron chi connectivity index (χ3n) is 4.25. The molecule has 2 aliphatic rings. The van der Waals surface area contributed by atoms with Crippen LogP contribution < -0.4 is 5.32 Å². The highest BCUT2D eigenvalue weighted by Crippen LogP contribution is 2.19. The van der Waals surface area contributed by atoms with Gasteiger partial charge in [-0.2, -0.15) is 0 Å². The predicted octanol–water partition coefficient (Wildman–Crippen LogP) is 0.182. The zero-order valence-electron chi connectivity index (χ0n) is 11.7. The normalized spacial score (nSPS) is 25.6. The molecule has 6 nitrogen and oxygen atoms in total. The van der Waals surface area contributed by atoms with E-state index in [0.29, 0.717) is 19.5 Å². The van der Waals surface area contributed by atoms with Crippen LogP contribution in [0, 0.1) is 5.92 Å². The molecule has 108 valence electrons. The van der Waals surface area contributed by atoms with Crippen LogP contribution in [0.5, 0.6) is 0 Å². The van der Waals surface area contributed by atoms with Crippen molar-refractivity contribution in [3.8, 4) is 0 Å². The lowest BCUT2D eigenvalue weighted by Gasteiger charge is -2.25. The summed E-state index contributed by atoms with van der Waals surface area (Å²) in [6.07, 6.45) is 5.91. The lowest BCUT2D eigenvalue weighted by atomic mass is 10.0. The molecule has 0 saturated carbocycles. The van der Waals surface area contributed by atoms with E-state index in [0.717, 1.165) is 25.2 Å². The van der Waals surface area contributed by atoms with E-state index < -0.39 is 0 Å². The molecular weight excluding hydrogens is 256 g/mol. The van der Waals surface area contributed by atoms with Gasteiger partial charge in [-0.15, -0.1) is 0 Å². The second kappa shape index (κ2) is 5.26. The van der Waals surface area contributed by atoms with E-state index in [9.17, 15) is 9.59 Å². The van der Waals surface area contributed by atoms with Gasteiger partial charge in [0.1, 0.15) is 5.82 Å². The fourth-order valence-corrected chi connectivity index (χ4v) is 3.06. The Bertz CT molecular complexity index is 525. The van der Waals surface area contributed by atoms with Gasteiger partial charge in [-0.25, -0.2) is 4.98 Å². The summed E-state index contributed by atoms with van der Waals surface area (Å²) in [7, 11) is 0. The first-order chi connectivity index (χ1) is 9.67. The van der Waals surface area contributed by atoms with Crippen molar-refractivity contribution in [2.24, 2.45) is 5.92 Å². The Morgan fingerprint density at radius 2 is 2.35 bits per heavy atom. The molecule has 0 bridgehead atoms. The van der Waals surface area contributed by atoms with Crippen molar-refractivity contribution in [1.82, 2.24) is 19.8 Å². The number of aromatic nitrogens is 2. The van der Waals surface area contributed by atoms with E-state index in [4.69, 9.17) is 0 Å². The molecule has 3 heterocycles. The summed E-state index contributed by atoms with van der Waals surface area (Å²) >= 11 is 0. The van der Waals surface area contributed by atoms with Crippen molar-refractivity contribution < 1.29 is 9.59 Å². The van der Waals surface area contributed by atoms with E-state index in [1.54, 1.807) is 11.1 Å². The monoisotopic (exact) mass is 276 g/mol. The number of imidazole rings is 1. The smallest absolute Gasteiger partial charge is 0.225 e. The number of fused-ring (bicyclic) bond motifs is 1.